The molecule has 0 amide bonds. The van der Waals surface area contributed by atoms with Crippen LogP contribution in [0.1, 0.15) is 12.5 Å². The molecule has 6 heteroatoms. The summed E-state index contributed by atoms with van der Waals surface area (Å²) in [5, 5.41) is 6.17. The van der Waals surface area contributed by atoms with Gasteiger partial charge in [-0.15, -0.1) is 5.10 Å². The Labute approximate surface area is 113 Å². The van der Waals surface area contributed by atoms with Gasteiger partial charge in [-0.05, 0) is 19.1 Å². The van der Waals surface area contributed by atoms with Gasteiger partial charge in [-0.2, -0.15) is 0 Å². The predicted molar refractivity (Wildman–Crippen MR) is 71.0 cm³/mol. The van der Waals surface area contributed by atoms with Crippen molar-refractivity contribution in [3.05, 3.63) is 57.1 Å². The number of nitrogens with zero attached hydrogens (tertiary/aromatic N) is 1. The third-order valence-corrected chi connectivity index (χ3v) is 2.45. The molecule has 0 aliphatic heterocycles. The van der Waals surface area contributed by atoms with Crippen LogP contribution in [0.2, 0.25) is 5.15 Å². The lowest BCUT2D eigenvalue weighted by Gasteiger charge is -2.07. The van der Waals surface area contributed by atoms with Gasteiger partial charge in [-0.1, -0.05) is 23.8 Å². The van der Waals surface area contributed by atoms with E-state index < -0.39 is 11.2 Å². The Hall–Kier alpha value is -2.14. The van der Waals surface area contributed by atoms with Crippen molar-refractivity contribution in [1.29, 1.82) is 0 Å². The lowest BCUT2D eigenvalue weighted by molar-refractivity contribution is 0.445. The summed E-state index contributed by atoms with van der Waals surface area (Å²) in [6.45, 7) is 1.82. The zero-order valence-corrected chi connectivity index (χ0v) is 10.7. The number of hydrogen-bond acceptors (Lipinski definition) is 3. The Morgan fingerprint density at radius 2 is 2.21 bits per heavy atom. The monoisotopic (exact) mass is 280 g/mol. The fraction of sp³-hybridized carbons (Fsp3) is 0.0769. The lowest BCUT2D eigenvalue weighted by atomic mass is 10.2. The normalized spacial score (nSPS) is 10.9. The highest BCUT2D eigenvalue weighted by Crippen LogP contribution is 2.24. The van der Waals surface area contributed by atoms with Crippen LogP contribution < -0.4 is 10.2 Å². The average molecular weight is 281 g/mol. The van der Waals surface area contributed by atoms with E-state index in [9.17, 15) is 9.18 Å². The standard InChI is InChI=1S/C13H10ClFN2O2/c1-2-3-8-4-5-9(15)6-11(8)19-13-10(18)7-12(14)16-17-13/h2-7H,1H3,(H,16,18). The van der Waals surface area contributed by atoms with Crippen molar-refractivity contribution in [1.82, 2.24) is 10.2 Å². The number of nitrogens with one attached hydrogen (secondary N) is 1. The molecular formula is C13H10ClFN2O2. The minimum Gasteiger partial charge on any atom is -0.434 e. The van der Waals surface area contributed by atoms with Crippen molar-refractivity contribution in [2.45, 2.75) is 6.92 Å². The first kappa shape index (κ1) is 13.3. The van der Waals surface area contributed by atoms with Gasteiger partial charge in [-0.3, -0.25) is 9.89 Å². The fourth-order valence-corrected chi connectivity index (χ4v) is 1.60. The minimum absolute atomic E-state index is 0.102. The number of H-pyrrole nitrogens is 1. The Bertz CT molecular complexity index is 683. The maximum absolute atomic E-state index is 13.2. The van der Waals surface area contributed by atoms with Gasteiger partial charge in [0.15, 0.2) is 0 Å². The van der Waals surface area contributed by atoms with Crippen molar-refractivity contribution in [3.8, 4) is 11.6 Å². The van der Waals surface area contributed by atoms with E-state index >= 15 is 0 Å². The zero-order valence-electron chi connectivity index (χ0n) is 9.98. The smallest absolute Gasteiger partial charge is 0.285 e. The van der Waals surface area contributed by atoms with Crippen molar-refractivity contribution in [2.75, 3.05) is 0 Å². The van der Waals surface area contributed by atoms with Crippen LogP contribution in [0.4, 0.5) is 4.39 Å². The first-order valence-corrected chi connectivity index (χ1v) is 5.83. The molecular weight excluding hydrogens is 271 g/mol. The number of hydrogen-bond donors (Lipinski definition) is 1. The van der Waals surface area contributed by atoms with Crippen molar-refractivity contribution in [3.63, 3.8) is 0 Å². The lowest BCUT2D eigenvalue weighted by Crippen LogP contribution is -2.07. The summed E-state index contributed by atoms with van der Waals surface area (Å²) < 4.78 is 18.5. The molecule has 19 heavy (non-hydrogen) atoms. The number of allylic oxidation sites excluding steroid dienone is 1. The first-order valence-electron chi connectivity index (χ1n) is 5.45. The Morgan fingerprint density at radius 3 is 2.89 bits per heavy atom. The second-order valence-electron chi connectivity index (χ2n) is 3.67. The molecule has 0 aliphatic rings. The molecule has 0 aliphatic carbocycles. The van der Waals surface area contributed by atoms with Crippen LogP contribution in [0.5, 0.6) is 11.6 Å². The molecule has 0 spiro atoms. The number of halogens is 2. The molecule has 1 aromatic heterocycles. The predicted octanol–water partition coefficient (Wildman–Crippen LogP) is 3.39. The summed E-state index contributed by atoms with van der Waals surface area (Å²) in [5.74, 6) is -0.451. The molecule has 1 N–H and O–H groups in total. The van der Waals surface area contributed by atoms with Crippen LogP contribution >= 0.6 is 11.6 Å². The highest BCUT2D eigenvalue weighted by molar-refractivity contribution is 6.29. The molecule has 98 valence electrons. The van der Waals surface area contributed by atoms with E-state index in [0.29, 0.717) is 5.56 Å². The third-order valence-electron chi connectivity index (χ3n) is 2.26. The van der Waals surface area contributed by atoms with Crippen molar-refractivity contribution in [2.24, 2.45) is 0 Å². The number of rotatable bonds is 3. The molecule has 4 nitrogen and oxygen atoms in total. The molecule has 0 saturated carbocycles. The maximum atomic E-state index is 13.2. The summed E-state index contributed by atoms with van der Waals surface area (Å²) in [4.78, 5) is 11.6. The first-order chi connectivity index (χ1) is 9.10. The van der Waals surface area contributed by atoms with Crippen LogP contribution in [0.25, 0.3) is 6.08 Å². The van der Waals surface area contributed by atoms with Crippen LogP contribution in [-0.2, 0) is 0 Å². The molecule has 1 aromatic carbocycles. The molecule has 0 atom stereocenters. The molecule has 1 heterocycles. The van der Waals surface area contributed by atoms with Gasteiger partial charge in [0.2, 0.25) is 5.43 Å². The van der Waals surface area contributed by atoms with Crippen LogP contribution in [0.15, 0.2) is 35.1 Å². The number of aromatic nitrogens is 2. The van der Waals surface area contributed by atoms with E-state index in [1.807, 2.05) is 6.92 Å². The second-order valence-corrected chi connectivity index (χ2v) is 4.08. The average Bonchev–Trinajstić information content (AvgIpc) is 2.36. The van der Waals surface area contributed by atoms with Gasteiger partial charge >= 0.3 is 0 Å². The Morgan fingerprint density at radius 1 is 1.42 bits per heavy atom. The molecule has 0 saturated heterocycles. The fourth-order valence-electron chi connectivity index (χ4n) is 1.46. The van der Waals surface area contributed by atoms with Crippen molar-refractivity contribution >= 4 is 17.7 Å². The Kier molecular flexibility index (Phi) is 3.97. The number of ether oxygens (including phenoxy) is 1. The van der Waals surface area contributed by atoms with Gasteiger partial charge in [0, 0.05) is 17.7 Å². The van der Waals surface area contributed by atoms with E-state index in [-0.39, 0.29) is 16.8 Å². The van der Waals surface area contributed by atoms with E-state index in [1.165, 1.54) is 12.1 Å². The summed E-state index contributed by atoms with van der Waals surface area (Å²) in [7, 11) is 0. The van der Waals surface area contributed by atoms with E-state index in [4.69, 9.17) is 16.3 Å². The maximum Gasteiger partial charge on any atom is 0.285 e. The topological polar surface area (TPSA) is 55.0 Å². The van der Waals surface area contributed by atoms with Gasteiger partial charge < -0.3 is 4.74 Å². The van der Waals surface area contributed by atoms with Crippen molar-refractivity contribution < 1.29 is 9.13 Å². The molecule has 0 unspecified atom stereocenters. The molecule has 0 radical (unpaired) electrons. The van der Waals surface area contributed by atoms with E-state index in [2.05, 4.69) is 10.2 Å². The van der Waals surface area contributed by atoms with Crippen LogP contribution in [0.3, 0.4) is 0 Å². The summed E-state index contributed by atoms with van der Waals surface area (Å²) in [6.07, 6.45) is 3.51. The van der Waals surface area contributed by atoms with Crippen LogP contribution in [-0.4, -0.2) is 10.2 Å². The number of aromatic amines is 1. The van der Waals surface area contributed by atoms with Gasteiger partial charge in [-0.25, -0.2) is 4.39 Å². The molecule has 2 aromatic rings. The van der Waals surface area contributed by atoms with E-state index in [1.54, 1.807) is 18.2 Å². The molecule has 2 rings (SSSR count). The quantitative estimate of drug-likeness (QED) is 0.937. The second kappa shape index (κ2) is 5.67. The summed E-state index contributed by atoms with van der Waals surface area (Å²) in [6, 6.07) is 5.18. The highest BCUT2D eigenvalue weighted by Gasteiger charge is 2.09. The third kappa shape index (κ3) is 3.20. The van der Waals surface area contributed by atoms with Crippen LogP contribution in [0, 0.1) is 5.82 Å². The highest BCUT2D eigenvalue weighted by atomic mass is 35.5. The minimum atomic E-state index is -0.487. The van der Waals surface area contributed by atoms with E-state index in [0.717, 1.165) is 6.07 Å². The molecule has 0 fully saturated rings. The van der Waals surface area contributed by atoms with Gasteiger partial charge in [0.1, 0.15) is 16.7 Å². The largest absolute Gasteiger partial charge is 0.434 e. The summed E-state index contributed by atoms with van der Waals surface area (Å²) >= 11 is 5.58. The SMILES string of the molecule is CC=Cc1ccc(F)cc1Oc1n[nH]c(Cl)cc1=O. The van der Waals surface area contributed by atoms with Gasteiger partial charge in [0.05, 0.1) is 0 Å². The Balaban J connectivity index is 2.42. The summed E-state index contributed by atoms with van der Waals surface area (Å²) in [5.41, 5.74) is 0.152. The zero-order chi connectivity index (χ0) is 13.8. The van der Waals surface area contributed by atoms with Gasteiger partial charge in [0.25, 0.3) is 5.88 Å². The molecule has 0 bridgehead atoms. The number of benzene rings is 1.